The van der Waals surface area contributed by atoms with E-state index in [1.165, 1.54) is 0 Å². The maximum atomic E-state index is 11.3. The number of aromatic nitrogens is 2. The molecule has 0 atom stereocenters. The Morgan fingerprint density at radius 2 is 2.31 bits per heavy atom. The van der Waals surface area contributed by atoms with Gasteiger partial charge in [0.2, 0.25) is 0 Å². The second-order valence-corrected chi connectivity index (χ2v) is 3.30. The van der Waals surface area contributed by atoms with Crippen molar-refractivity contribution in [3.05, 3.63) is 16.1 Å². The molecule has 0 spiro atoms. The zero-order chi connectivity index (χ0) is 10.0. The maximum absolute atomic E-state index is 11.3. The number of halogens is 1. The molecular formula is C8H11BrN2O2. The predicted octanol–water partition coefficient (Wildman–Crippen LogP) is 1.67. The van der Waals surface area contributed by atoms with E-state index in [9.17, 15) is 4.79 Å². The molecule has 4 nitrogen and oxygen atoms in total. The average Bonchev–Trinajstić information content (AvgIpc) is 2.33. The molecule has 0 saturated carbocycles. The van der Waals surface area contributed by atoms with E-state index in [2.05, 4.69) is 20.9 Å². The minimum atomic E-state index is -0.374. The zero-order valence-corrected chi connectivity index (χ0v) is 9.38. The highest BCUT2D eigenvalue weighted by molar-refractivity contribution is 9.10. The normalized spacial score (nSPS) is 10.2. The fourth-order valence-electron chi connectivity index (χ4n) is 0.938. The van der Waals surface area contributed by atoms with Gasteiger partial charge in [0, 0.05) is 12.7 Å². The first-order valence-electron chi connectivity index (χ1n) is 3.93. The quantitative estimate of drug-likeness (QED) is 0.746. The van der Waals surface area contributed by atoms with Gasteiger partial charge in [-0.05, 0) is 29.8 Å². The Kier molecular flexibility index (Phi) is 3.08. The highest BCUT2D eigenvalue weighted by atomic mass is 79.9. The van der Waals surface area contributed by atoms with E-state index in [1.807, 2.05) is 14.0 Å². The summed E-state index contributed by atoms with van der Waals surface area (Å²) in [5.74, 6) is -0.374. The Morgan fingerprint density at radius 1 is 1.69 bits per heavy atom. The van der Waals surface area contributed by atoms with Crippen LogP contribution in [-0.4, -0.2) is 22.1 Å². The lowest BCUT2D eigenvalue weighted by Gasteiger charge is -1.99. The van der Waals surface area contributed by atoms with Gasteiger partial charge in [0.1, 0.15) is 0 Å². The van der Waals surface area contributed by atoms with Crippen molar-refractivity contribution < 1.29 is 9.53 Å². The summed E-state index contributed by atoms with van der Waals surface area (Å²) in [4.78, 5) is 15.3. The number of rotatable bonds is 2. The fraction of sp³-hybridized carbons (Fsp3) is 0.500. The largest absolute Gasteiger partial charge is 0.461 e. The molecule has 0 unspecified atom stereocenters. The molecule has 1 aromatic heterocycles. The molecule has 0 aromatic carbocycles. The van der Waals surface area contributed by atoms with Crippen molar-refractivity contribution in [2.24, 2.45) is 7.05 Å². The maximum Gasteiger partial charge on any atom is 0.358 e. The van der Waals surface area contributed by atoms with Crippen molar-refractivity contribution in [3.8, 4) is 0 Å². The van der Waals surface area contributed by atoms with Crippen LogP contribution in [0.3, 0.4) is 0 Å². The summed E-state index contributed by atoms with van der Waals surface area (Å²) in [6.07, 6.45) is 0. The van der Waals surface area contributed by atoms with E-state index in [1.54, 1.807) is 11.5 Å². The van der Waals surface area contributed by atoms with Gasteiger partial charge in [-0.1, -0.05) is 0 Å². The highest BCUT2D eigenvalue weighted by Crippen LogP contribution is 2.14. The standard InChI is InChI=1S/C8H11BrN2O2/c1-4-13-7(12)6-5(2)11(3)8(9)10-6/h4H2,1-3H3. The topological polar surface area (TPSA) is 44.1 Å². The molecule has 1 rings (SSSR count). The van der Waals surface area contributed by atoms with Gasteiger partial charge in [0.05, 0.1) is 6.61 Å². The van der Waals surface area contributed by atoms with Gasteiger partial charge in [-0.25, -0.2) is 9.78 Å². The van der Waals surface area contributed by atoms with E-state index in [0.717, 1.165) is 5.69 Å². The molecule has 1 aromatic rings. The second kappa shape index (κ2) is 3.91. The third kappa shape index (κ3) is 1.91. The smallest absolute Gasteiger partial charge is 0.358 e. The average molecular weight is 247 g/mol. The minimum absolute atomic E-state index is 0.368. The van der Waals surface area contributed by atoms with Gasteiger partial charge >= 0.3 is 5.97 Å². The molecule has 5 heteroatoms. The van der Waals surface area contributed by atoms with Crippen molar-refractivity contribution in [1.29, 1.82) is 0 Å². The van der Waals surface area contributed by atoms with Crippen molar-refractivity contribution in [1.82, 2.24) is 9.55 Å². The van der Waals surface area contributed by atoms with Crippen LogP contribution in [-0.2, 0) is 11.8 Å². The van der Waals surface area contributed by atoms with Gasteiger partial charge in [0.15, 0.2) is 10.4 Å². The van der Waals surface area contributed by atoms with Crippen LogP contribution in [0, 0.1) is 6.92 Å². The molecule has 0 fully saturated rings. The molecule has 0 saturated heterocycles. The summed E-state index contributed by atoms with van der Waals surface area (Å²) in [7, 11) is 1.83. The summed E-state index contributed by atoms with van der Waals surface area (Å²) in [5, 5.41) is 0. The monoisotopic (exact) mass is 246 g/mol. The molecular weight excluding hydrogens is 236 g/mol. The lowest BCUT2D eigenvalue weighted by Crippen LogP contribution is -2.07. The Labute approximate surface area is 85.0 Å². The van der Waals surface area contributed by atoms with Crippen molar-refractivity contribution in [3.63, 3.8) is 0 Å². The number of hydrogen-bond donors (Lipinski definition) is 0. The number of esters is 1. The first-order valence-corrected chi connectivity index (χ1v) is 4.73. The molecule has 13 heavy (non-hydrogen) atoms. The number of imidazole rings is 1. The molecule has 1 heterocycles. The van der Waals surface area contributed by atoms with Gasteiger partial charge < -0.3 is 9.30 Å². The fourth-order valence-corrected chi connectivity index (χ4v) is 1.38. The van der Waals surface area contributed by atoms with Crippen LogP contribution in [0.25, 0.3) is 0 Å². The number of carbonyl (C=O) groups is 1. The zero-order valence-electron chi connectivity index (χ0n) is 7.80. The Morgan fingerprint density at radius 3 is 2.69 bits per heavy atom. The SMILES string of the molecule is CCOC(=O)c1nc(Br)n(C)c1C. The van der Waals surface area contributed by atoms with Crippen molar-refractivity contribution in [2.75, 3.05) is 6.61 Å². The Balaban J connectivity index is 3.01. The first-order chi connectivity index (χ1) is 6.07. The van der Waals surface area contributed by atoms with Gasteiger partial charge in [-0.3, -0.25) is 0 Å². The van der Waals surface area contributed by atoms with Crippen molar-refractivity contribution >= 4 is 21.9 Å². The Hall–Kier alpha value is -0.840. The van der Waals surface area contributed by atoms with Gasteiger partial charge in [-0.2, -0.15) is 0 Å². The van der Waals surface area contributed by atoms with E-state index in [-0.39, 0.29) is 5.97 Å². The van der Waals surface area contributed by atoms with Gasteiger partial charge in [0.25, 0.3) is 0 Å². The minimum Gasteiger partial charge on any atom is -0.461 e. The van der Waals surface area contributed by atoms with Gasteiger partial charge in [-0.15, -0.1) is 0 Å². The predicted molar refractivity (Wildman–Crippen MR) is 51.6 cm³/mol. The molecule has 0 bridgehead atoms. The molecule has 0 N–H and O–H groups in total. The van der Waals surface area contributed by atoms with Crippen LogP contribution in [0.2, 0.25) is 0 Å². The summed E-state index contributed by atoms with van der Waals surface area (Å²) in [5.41, 5.74) is 1.17. The van der Waals surface area contributed by atoms with E-state index >= 15 is 0 Å². The number of ether oxygens (including phenoxy) is 1. The first kappa shape index (κ1) is 10.2. The lowest BCUT2D eigenvalue weighted by molar-refractivity contribution is 0.0519. The number of hydrogen-bond acceptors (Lipinski definition) is 3. The van der Waals surface area contributed by atoms with E-state index < -0.39 is 0 Å². The Bertz CT molecular complexity index is 333. The van der Waals surface area contributed by atoms with E-state index in [0.29, 0.717) is 17.0 Å². The van der Waals surface area contributed by atoms with Crippen LogP contribution in [0.5, 0.6) is 0 Å². The van der Waals surface area contributed by atoms with Crippen LogP contribution in [0.1, 0.15) is 23.1 Å². The summed E-state index contributed by atoms with van der Waals surface area (Å²) < 4.78 is 7.26. The number of nitrogens with zero attached hydrogens (tertiary/aromatic N) is 2. The van der Waals surface area contributed by atoms with E-state index in [4.69, 9.17) is 4.74 Å². The molecule has 72 valence electrons. The van der Waals surface area contributed by atoms with Crippen LogP contribution >= 0.6 is 15.9 Å². The van der Waals surface area contributed by atoms with Crippen LogP contribution in [0.15, 0.2) is 4.73 Å². The second-order valence-electron chi connectivity index (χ2n) is 2.59. The molecule has 0 amide bonds. The summed E-state index contributed by atoms with van der Waals surface area (Å²) >= 11 is 3.23. The third-order valence-corrected chi connectivity index (χ3v) is 2.50. The molecule has 0 aliphatic rings. The molecule has 0 radical (unpaired) electrons. The van der Waals surface area contributed by atoms with Crippen molar-refractivity contribution in [2.45, 2.75) is 13.8 Å². The lowest BCUT2D eigenvalue weighted by atomic mass is 10.3. The summed E-state index contributed by atoms with van der Waals surface area (Å²) in [6, 6.07) is 0. The molecule has 0 aliphatic heterocycles. The molecule has 0 aliphatic carbocycles. The third-order valence-electron chi connectivity index (χ3n) is 1.80. The highest BCUT2D eigenvalue weighted by Gasteiger charge is 2.17. The van der Waals surface area contributed by atoms with Crippen LogP contribution in [0.4, 0.5) is 0 Å². The summed E-state index contributed by atoms with van der Waals surface area (Å²) in [6.45, 7) is 3.96. The number of carbonyl (C=O) groups excluding carboxylic acids is 1. The van der Waals surface area contributed by atoms with Crippen LogP contribution < -0.4 is 0 Å².